The van der Waals surface area contributed by atoms with E-state index in [1.807, 2.05) is 74.6 Å². The molecule has 3 aromatic carbocycles. The lowest BCUT2D eigenvalue weighted by molar-refractivity contribution is 0.0504. The maximum atomic E-state index is 14.9. The van der Waals surface area contributed by atoms with Crippen molar-refractivity contribution in [2.75, 3.05) is 34.0 Å². The van der Waals surface area contributed by atoms with Crippen LogP contribution >= 0.6 is 0 Å². The maximum absolute atomic E-state index is 14.9. The lowest BCUT2D eigenvalue weighted by Gasteiger charge is -2.41. The van der Waals surface area contributed by atoms with Crippen LogP contribution in [0.4, 0.5) is 9.59 Å². The number of amides is 2. The molecule has 2 saturated heterocycles. The van der Waals surface area contributed by atoms with Crippen LogP contribution in [0.25, 0.3) is 33.6 Å². The van der Waals surface area contributed by atoms with Gasteiger partial charge >= 0.3 is 12.2 Å². The van der Waals surface area contributed by atoms with Gasteiger partial charge in [-0.3, -0.25) is 19.2 Å². The molecule has 0 bridgehead atoms. The fourth-order valence-corrected chi connectivity index (χ4v) is 8.41. The molecule has 4 heterocycles. The van der Waals surface area contributed by atoms with Gasteiger partial charge in [0.15, 0.2) is 0 Å². The van der Waals surface area contributed by atoms with Crippen molar-refractivity contribution in [1.82, 2.24) is 40.0 Å². The van der Waals surface area contributed by atoms with E-state index in [-0.39, 0.29) is 12.1 Å². The molecule has 3 unspecified atom stereocenters. The number of aromatic amines is 1. The second kappa shape index (κ2) is 17.1. The van der Waals surface area contributed by atoms with E-state index in [9.17, 15) is 19.5 Å². The highest BCUT2D eigenvalue weighted by Crippen LogP contribution is 2.43. The molecule has 7 rings (SSSR count). The minimum atomic E-state index is -1.07. The number of carboxylic acid groups (broad SMARTS) is 1. The van der Waals surface area contributed by atoms with Crippen LogP contribution in [-0.4, -0.2) is 92.2 Å². The minimum absolute atomic E-state index is 0.115. The summed E-state index contributed by atoms with van der Waals surface area (Å²) < 4.78 is 12.1. The van der Waals surface area contributed by atoms with E-state index in [2.05, 4.69) is 37.6 Å². The number of alkyl carbamates (subject to hydrolysis) is 1. The predicted octanol–water partition coefficient (Wildman–Crippen LogP) is 7.62. The summed E-state index contributed by atoms with van der Waals surface area (Å²) in [6.45, 7) is 5.85. The van der Waals surface area contributed by atoms with Crippen molar-refractivity contribution in [1.29, 1.82) is 0 Å². The summed E-state index contributed by atoms with van der Waals surface area (Å²) in [6.07, 6.45) is 5.65. The third-order valence-electron chi connectivity index (χ3n) is 11.4. The molecule has 2 aliphatic rings. The molecule has 2 fully saturated rings. The first kappa shape index (κ1) is 39.4. The average Bonchev–Trinajstić information content (AvgIpc) is 4.07. The highest BCUT2D eigenvalue weighted by atomic mass is 16.5. The van der Waals surface area contributed by atoms with Gasteiger partial charge in [-0.15, -0.1) is 0 Å². The zero-order valence-electron chi connectivity index (χ0n) is 32.8. The number of hydrogen-bond donors (Lipinski definition) is 4. The van der Waals surface area contributed by atoms with Crippen molar-refractivity contribution in [2.24, 2.45) is 0 Å². The van der Waals surface area contributed by atoms with E-state index in [1.165, 1.54) is 7.11 Å². The van der Waals surface area contributed by atoms with Crippen molar-refractivity contribution in [2.45, 2.75) is 69.7 Å². The van der Waals surface area contributed by atoms with Gasteiger partial charge in [0.1, 0.15) is 18.2 Å². The second-order valence-electron chi connectivity index (χ2n) is 14.8. The molecule has 4 atom stereocenters. The SMILES string of the molecule is CC[C@@](C)(NC(=O)O)N1CCCC1c1ncc(-c2ccc(-c3ccccc3)c(-c3c(C4CCCN4COC)ncn3C(=O)C(NC(=O)OC)c3ccccc3)c2)[nH]1. The quantitative estimate of drug-likeness (QED) is 0.0935. The smallest absolute Gasteiger partial charge is 0.407 e. The fourth-order valence-electron chi connectivity index (χ4n) is 8.41. The Hall–Kier alpha value is -5.83. The first-order valence-corrected chi connectivity index (χ1v) is 19.4. The number of aromatic nitrogens is 4. The second-order valence-corrected chi connectivity index (χ2v) is 14.8. The van der Waals surface area contributed by atoms with Gasteiger partial charge in [-0.25, -0.2) is 19.6 Å². The number of ether oxygens (including phenoxy) is 2. The molecule has 2 aromatic heterocycles. The number of rotatable bonds is 13. The van der Waals surface area contributed by atoms with Crippen molar-refractivity contribution in [3.8, 4) is 33.6 Å². The van der Waals surface area contributed by atoms with E-state index >= 15 is 0 Å². The third-order valence-corrected chi connectivity index (χ3v) is 11.4. The molecule has 4 N–H and O–H groups in total. The topological polar surface area (TPSA) is 167 Å². The summed E-state index contributed by atoms with van der Waals surface area (Å²) in [5, 5.41) is 15.2. The first-order valence-electron chi connectivity index (χ1n) is 19.4. The zero-order valence-corrected chi connectivity index (χ0v) is 32.8. The highest BCUT2D eigenvalue weighted by Gasteiger charge is 2.41. The molecule has 0 saturated carbocycles. The Bertz CT molecular complexity index is 2190. The van der Waals surface area contributed by atoms with Crippen LogP contribution in [0.15, 0.2) is 91.4 Å². The van der Waals surface area contributed by atoms with E-state index in [4.69, 9.17) is 19.4 Å². The number of carbonyl (C=O) groups is 3. The van der Waals surface area contributed by atoms with E-state index in [0.717, 1.165) is 78.2 Å². The standard InChI is InChI=1S/C43H50N8O6/c1-5-43(2,48-41(53)54)51-23-13-19-35(51)39-44-25-33(46-39)30-20-21-31(28-14-8-6-9-15-28)32(24-30)38-37(34-18-12-22-49(34)27-56-3)45-26-50(38)40(52)36(47-42(55)57-4)29-16-10-7-11-17-29/h6-11,14-17,20-21,24-26,34-36,48H,5,12-13,18-19,22-23,27H2,1-4H3,(H,44,46)(H,47,55)(H,53,54)/t34?,35?,36?,43-/m0/s1. The fraction of sp³-hybridized carbons (Fsp3) is 0.372. The number of benzene rings is 3. The van der Waals surface area contributed by atoms with Crippen LogP contribution in [0.2, 0.25) is 0 Å². The van der Waals surface area contributed by atoms with Crippen LogP contribution in [-0.2, 0) is 9.47 Å². The molecule has 14 nitrogen and oxygen atoms in total. The van der Waals surface area contributed by atoms with Gasteiger partial charge in [0.25, 0.3) is 5.91 Å². The van der Waals surface area contributed by atoms with Crippen LogP contribution in [0.1, 0.15) is 86.0 Å². The van der Waals surface area contributed by atoms with Crippen LogP contribution in [0.5, 0.6) is 0 Å². The molecule has 0 aliphatic carbocycles. The number of nitrogens with one attached hydrogen (secondary N) is 3. The molecular weight excluding hydrogens is 725 g/mol. The third kappa shape index (κ3) is 8.06. The molecule has 2 amide bonds. The lowest BCUT2D eigenvalue weighted by Crippen LogP contribution is -2.57. The first-order chi connectivity index (χ1) is 27.6. The summed E-state index contributed by atoms with van der Waals surface area (Å²) in [5.41, 5.74) is 5.41. The van der Waals surface area contributed by atoms with Gasteiger partial charge in [-0.1, -0.05) is 79.7 Å². The van der Waals surface area contributed by atoms with Gasteiger partial charge in [0.05, 0.1) is 54.9 Å². The van der Waals surface area contributed by atoms with Crippen LogP contribution < -0.4 is 10.6 Å². The number of nitrogens with zero attached hydrogens (tertiary/aromatic N) is 5. The van der Waals surface area contributed by atoms with Crippen LogP contribution in [0, 0.1) is 0 Å². The molecule has 14 heteroatoms. The number of hydrogen-bond acceptors (Lipinski definition) is 9. The number of methoxy groups -OCH3 is 2. The van der Waals surface area contributed by atoms with Gasteiger partial charge in [0.2, 0.25) is 0 Å². The van der Waals surface area contributed by atoms with Crippen molar-refractivity contribution in [3.63, 3.8) is 0 Å². The van der Waals surface area contributed by atoms with E-state index in [0.29, 0.717) is 24.4 Å². The Labute approximate surface area is 332 Å². The zero-order chi connectivity index (χ0) is 40.1. The maximum Gasteiger partial charge on any atom is 0.407 e. The van der Waals surface area contributed by atoms with Crippen molar-refractivity contribution in [3.05, 3.63) is 108 Å². The Kier molecular flexibility index (Phi) is 11.8. The molecule has 2 aliphatic heterocycles. The normalized spacial score (nSPS) is 18.9. The lowest BCUT2D eigenvalue weighted by atomic mass is 9.92. The molecular formula is C43H50N8O6. The number of H-pyrrole nitrogens is 1. The largest absolute Gasteiger partial charge is 0.465 e. The average molecular weight is 775 g/mol. The van der Waals surface area contributed by atoms with Gasteiger partial charge < -0.3 is 30.2 Å². The minimum Gasteiger partial charge on any atom is -0.465 e. The van der Waals surface area contributed by atoms with Crippen molar-refractivity contribution < 1.29 is 29.0 Å². The summed E-state index contributed by atoms with van der Waals surface area (Å²) in [6, 6.07) is 23.9. The highest BCUT2D eigenvalue weighted by molar-refractivity contribution is 5.95. The number of imidazole rings is 2. The van der Waals surface area contributed by atoms with E-state index in [1.54, 1.807) is 30.1 Å². The summed E-state index contributed by atoms with van der Waals surface area (Å²) in [7, 11) is 2.94. The van der Waals surface area contributed by atoms with E-state index < -0.39 is 29.8 Å². The Morgan fingerprint density at radius 2 is 1.65 bits per heavy atom. The molecule has 57 heavy (non-hydrogen) atoms. The van der Waals surface area contributed by atoms with Gasteiger partial charge in [-0.05, 0) is 61.8 Å². The molecule has 0 spiro atoms. The number of likely N-dealkylation sites (tertiary alicyclic amines) is 2. The Morgan fingerprint density at radius 1 is 0.930 bits per heavy atom. The number of carbonyl (C=O) groups excluding carboxylic acids is 2. The summed E-state index contributed by atoms with van der Waals surface area (Å²) >= 11 is 0. The molecule has 5 aromatic rings. The van der Waals surface area contributed by atoms with Crippen molar-refractivity contribution >= 4 is 18.1 Å². The molecule has 298 valence electrons. The Balaban J connectivity index is 1.38. The van der Waals surface area contributed by atoms with Crippen LogP contribution in [0.3, 0.4) is 0 Å². The summed E-state index contributed by atoms with van der Waals surface area (Å²) in [5.74, 6) is 0.352. The molecule has 0 radical (unpaired) electrons. The van der Waals surface area contributed by atoms with Gasteiger partial charge in [-0.2, -0.15) is 0 Å². The Morgan fingerprint density at radius 3 is 2.35 bits per heavy atom. The predicted molar refractivity (Wildman–Crippen MR) is 215 cm³/mol. The summed E-state index contributed by atoms with van der Waals surface area (Å²) in [4.78, 5) is 57.3. The van der Waals surface area contributed by atoms with Gasteiger partial charge in [0, 0.05) is 31.3 Å². The monoisotopic (exact) mass is 774 g/mol.